The zero-order chi connectivity index (χ0) is 16.5. The van der Waals surface area contributed by atoms with Crippen molar-refractivity contribution in [3.05, 3.63) is 66.9 Å². The highest BCUT2D eigenvalue weighted by atomic mass is 32.1. The first-order valence-electron chi connectivity index (χ1n) is 7.55. The van der Waals surface area contributed by atoms with Crippen molar-refractivity contribution in [2.75, 3.05) is 11.9 Å². The highest BCUT2D eigenvalue weighted by Gasteiger charge is 2.09. The van der Waals surface area contributed by atoms with Gasteiger partial charge in [0.15, 0.2) is 0 Å². The molecule has 0 aliphatic carbocycles. The van der Waals surface area contributed by atoms with Crippen molar-refractivity contribution < 1.29 is 5.11 Å². The van der Waals surface area contributed by atoms with Gasteiger partial charge in [-0.1, -0.05) is 18.2 Å². The number of pyridine rings is 1. The van der Waals surface area contributed by atoms with Gasteiger partial charge in [0.25, 0.3) is 0 Å². The maximum absolute atomic E-state index is 9.58. The summed E-state index contributed by atoms with van der Waals surface area (Å²) in [6, 6.07) is 19.4. The highest BCUT2D eigenvalue weighted by Crippen LogP contribution is 2.32. The molecule has 4 rings (SSSR count). The topological polar surface area (TPSA) is 49.2 Å². The number of para-hydroxylation sites is 1. The molecular formula is C19H15N3OS. The standard InChI is InChI=1S/C19H15N3OS/c1-22(14-5-3-2-4-6-14)18-10-7-13(12-20-18)19-21-16-9-8-15(23)11-17(16)24-19/h2-12,23H,1H3. The van der Waals surface area contributed by atoms with E-state index in [0.717, 1.165) is 32.3 Å². The van der Waals surface area contributed by atoms with E-state index in [9.17, 15) is 5.11 Å². The summed E-state index contributed by atoms with van der Waals surface area (Å²) in [5.74, 6) is 1.14. The zero-order valence-corrected chi connectivity index (χ0v) is 13.9. The fourth-order valence-electron chi connectivity index (χ4n) is 2.53. The lowest BCUT2D eigenvalue weighted by Crippen LogP contribution is -2.10. The largest absolute Gasteiger partial charge is 0.508 e. The van der Waals surface area contributed by atoms with Gasteiger partial charge in [-0.2, -0.15) is 0 Å². The van der Waals surface area contributed by atoms with Crippen LogP contribution in [0, 0.1) is 0 Å². The number of nitrogens with zero attached hydrogens (tertiary/aromatic N) is 3. The number of fused-ring (bicyclic) bond motifs is 1. The molecular weight excluding hydrogens is 318 g/mol. The van der Waals surface area contributed by atoms with Gasteiger partial charge in [-0.25, -0.2) is 9.97 Å². The van der Waals surface area contributed by atoms with Gasteiger partial charge >= 0.3 is 0 Å². The maximum Gasteiger partial charge on any atom is 0.132 e. The lowest BCUT2D eigenvalue weighted by atomic mass is 10.2. The van der Waals surface area contributed by atoms with E-state index in [0.29, 0.717) is 0 Å². The molecule has 2 heterocycles. The van der Waals surface area contributed by atoms with Gasteiger partial charge in [-0.15, -0.1) is 11.3 Å². The summed E-state index contributed by atoms with van der Waals surface area (Å²) in [5, 5.41) is 10.5. The minimum absolute atomic E-state index is 0.260. The Kier molecular flexibility index (Phi) is 3.63. The van der Waals surface area contributed by atoms with Crippen molar-refractivity contribution in [2.45, 2.75) is 0 Å². The van der Waals surface area contributed by atoms with Gasteiger partial charge in [-0.05, 0) is 42.5 Å². The van der Waals surface area contributed by atoms with Crippen molar-refractivity contribution >= 4 is 33.1 Å². The lowest BCUT2D eigenvalue weighted by Gasteiger charge is -2.18. The summed E-state index contributed by atoms with van der Waals surface area (Å²) >= 11 is 1.55. The van der Waals surface area contributed by atoms with Gasteiger partial charge in [0.05, 0.1) is 10.2 Å². The van der Waals surface area contributed by atoms with E-state index in [1.165, 1.54) is 0 Å². The van der Waals surface area contributed by atoms with Crippen LogP contribution in [0.15, 0.2) is 66.9 Å². The molecule has 0 aliphatic rings. The van der Waals surface area contributed by atoms with Crippen molar-refractivity contribution in [3.63, 3.8) is 0 Å². The number of phenolic OH excluding ortho intramolecular Hbond substituents is 1. The molecule has 4 aromatic rings. The molecule has 0 bridgehead atoms. The first-order chi connectivity index (χ1) is 11.7. The molecule has 0 saturated carbocycles. The van der Waals surface area contributed by atoms with Crippen LogP contribution in [-0.4, -0.2) is 22.1 Å². The van der Waals surface area contributed by atoms with Crippen molar-refractivity contribution in [2.24, 2.45) is 0 Å². The molecule has 1 N–H and O–H groups in total. The molecule has 4 nitrogen and oxygen atoms in total. The Labute approximate surface area is 143 Å². The van der Waals surface area contributed by atoms with Crippen molar-refractivity contribution in [3.8, 4) is 16.3 Å². The molecule has 2 aromatic carbocycles. The Morgan fingerprint density at radius 2 is 1.83 bits per heavy atom. The highest BCUT2D eigenvalue weighted by molar-refractivity contribution is 7.21. The van der Waals surface area contributed by atoms with E-state index < -0.39 is 0 Å². The summed E-state index contributed by atoms with van der Waals surface area (Å²) in [6.45, 7) is 0. The molecule has 0 saturated heterocycles. The number of rotatable bonds is 3. The van der Waals surface area contributed by atoms with Gasteiger partial charge in [0.1, 0.15) is 16.6 Å². The van der Waals surface area contributed by atoms with E-state index in [4.69, 9.17) is 0 Å². The first kappa shape index (κ1) is 14.7. The Morgan fingerprint density at radius 1 is 1.00 bits per heavy atom. The number of aromatic hydroxyl groups is 1. The Bertz CT molecular complexity index is 981. The summed E-state index contributed by atoms with van der Waals surface area (Å²) in [6.07, 6.45) is 1.84. The fourth-order valence-corrected chi connectivity index (χ4v) is 3.52. The fraction of sp³-hybridized carbons (Fsp3) is 0.0526. The van der Waals surface area contributed by atoms with Gasteiger partial charge < -0.3 is 10.0 Å². The first-order valence-corrected chi connectivity index (χ1v) is 8.37. The molecule has 0 amide bonds. The van der Waals surface area contributed by atoms with Crippen molar-refractivity contribution in [1.82, 2.24) is 9.97 Å². The molecule has 0 unspecified atom stereocenters. The van der Waals surface area contributed by atoms with E-state index >= 15 is 0 Å². The molecule has 5 heteroatoms. The predicted octanol–water partition coefficient (Wildman–Crippen LogP) is 4.83. The third-order valence-electron chi connectivity index (χ3n) is 3.85. The smallest absolute Gasteiger partial charge is 0.132 e. The average Bonchev–Trinajstić information content (AvgIpc) is 3.05. The predicted molar refractivity (Wildman–Crippen MR) is 99.0 cm³/mol. The third-order valence-corrected chi connectivity index (χ3v) is 4.92. The Balaban J connectivity index is 1.65. The second-order valence-electron chi connectivity index (χ2n) is 5.47. The zero-order valence-electron chi connectivity index (χ0n) is 13.0. The van der Waals surface area contributed by atoms with Gasteiger partial charge in [0.2, 0.25) is 0 Å². The molecule has 118 valence electrons. The normalized spacial score (nSPS) is 10.9. The van der Waals surface area contributed by atoms with Crippen LogP contribution in [0.1, 0.15) is 0 Å². The van der Waals surface area contributed by atoms with Gasteiger partial charge in [0, 0.05) is 24.5 Å². The number of thiazole rings is 1. The number of aromatic nitrogens is 2. The number of benzene rings is 2. The van der Waals surface area contributed by atoms with E-state index in [2.05, 4.69) is 22.1 Å². The monoisotopic (exact) mass is 333 g/mol. The van der Waals surface area contributed by atoms with Crippen LogP contribution in [0.2, 0.25) is 0 Å². The van der Waals surface area contributed by atoms with Crippen molar-refractivity contribution in [1.29, 1.82) is 0 Å². The summed E-state index contributed by atoms with van der Waals surface area (Å²) in [7, 11) is 2.00. The van der Waals surface area contributed by atoms with E-state index in [1.807, 2.05) is 54.5 Å². The quantitative estimate of drug-likeness (QED) is 0.583. The van der Waals surface area contributed by atoms with Crippen LogP contribution in [0.3, 0.4) is 0 Å². The summed E-state index contributed by atoms with van der Waals surface area (Å²) in [5.41, 5.74) is 2.95. The SMILES string of the molecule is CN(c1ccccc1)c1ccc(-c2nc3ccc(O)cc3s2)cn1. The van der Waals surface area contributed by atoms with E-state index in [1.54, 1.807) is 23.5 Å². The Morgan fingerprint density at radius 3 is 2.58 bits per heavy atom. The van der Waals surface area contributed by atoms with Crippen LogP contribution in [-0.2, 0) is 0 Å². The minimum Gasteiger partial charge on any atom is -0.508 e. The Hall–Kier alpha value is -2.92. The molecule has 24 heavy (non-hydrogen) atoms. The molecule has 2 aromatic heterocycles. The molecule has 0 radical (unpaired) electrons. The summed E-state index contributed by atoms with van der Waals surface area (Å²) < 4.78 is 0.968. The molecule has 0 aliphatic heterocycles. The van der Waals surface area contributed by atoms with Crippen LogP contribution >= 0.6 is 11.3 Å². The van der Waals surface area contributed by atoms with Crippen LogP contribution in [0.5, 0.6) is 5.75 Å². The maximum atomic E-state index is 9.58. The average molecular weight is 333 g/mol. The third kappa shape index (κ3) is 2.70. The van der Waals surface area contributed by atoms with E-state index in [-0.39, 0.29) is 5.75 Å². The number of hydrogen-bond donors (Lipinski definition) is 1. The summed E-state index contributed by atoms with van der Waals surface area (Å²) in [4.78, 5) is 11.2. The number of hydrogen-bond acceptors (Lipinski definition) is 5. The van der Waals surface area contributed by atoms with Crippen LogP contribution < -0.4 is 4.90 Å². The lowest BCUT2D eigenvalue weighted by molar-refractivity contribution is 0.476. The number of anilines is 2. The molecule has 0 fully saturated rings. The number of phenols is 1. The molecule has 0 spiro atoms. The second-order valence-corrected chi connectivity index (χ2v) is 6.50. The second kappa shape index (κ2) is 5.94. The van der Waals surface area contributed by atoms with Crippen LogP contribution in [0.4, 0.5) is 11.5 Å². The minimum atomic E-state index is 0.260. The van der Waals surface area contributed by atoms with Crippen LogP contribution in [0.25, 0.3) is 20.8 Å². The van der Waals surface area contributed by atoms with Gasteiger partial charge in [-0.3, -0.25) is 0 Å². The molecule has 0 atom stereocenters.